The van der Waals surface area contributed by atoms with Crippen molar-refractivity contribution in [1.29, 1.82) is 5.26 Å². The summed E-state index contributed by atoms with van der Waals surface area (Å²) in [6.45, 7) is 0. The van der Waals surface area contributed by atoms with Crippen molar-refractivity contribution in [2.75, 3.05) is 0 Å². The molecule has 0 spiro atoms. The van der Waals surface area contributed by atoms with Crippen LogP contribution in [0.4, 0.5) is 5.69 Å². The van der Waals surface area contributed by atoms with E-state index >= 15 is 0 Å². The number of benzene rings is 2. The molecule has 0 radical (unpaired) electrons. The molecule has 0 aliphatic heterocycles. The van der Waals surface area contributed by atoms with Crippen LogP contribution in [0.2, 0.25) is 0 Å². The molecule has 5 nitrogen and oxygen atoms in total. The number of hydrogen-bond donors (Lipinski definition) is 1. The van der Waals surface area contributed by atoms with Gasteiger partial charge < -0.3 is 5.73 Å². The molecule has 2 rings (SSSR count). The highest BCUT2D eigenvalue weighted by molar-refractivity contribution is 8.04. The molecule has 7 heteroatoms. The average molecular weight is 371 g/mol. The van der Waals surface area contributed by atoms with E-state index in [0.717, 1.165) is 23.1 Å². The molecule has 0 saturated heterocycles. The Labute approximate surface area is 155 Å². The molecule has 2 aromatic carbocycles. The van der Waals surface area contributed by atoms with Crippen molar-refractivity contribution in [3.05, 3.63) is 86.9 Å². The first-order valence-corrected chi connectivity index (χ1v) is 9.42. The SMILES string of the molecule is N#CS[C@@H](Cc1ccc([N+](=O)[O-])cc1)/C(N)=C/SCc1ccccc1. The molecule has 0 aliphatic carbocycles. The van der Waals surface area contributed by atoms with Gasteiger partial charge in [0.25, 0.3) is 5.69 Å². The van der Waals surface area contributed by atoms with Gasteiger partial charge >= 0.3 is 0 Å². The van der Waals surface area contributed by atoms with E-state index in [1.54, 1.807) is 23.9 Å². The number of thiocyanates is 1. The Morgan fingerprint density at radius 1 is 1.20 bits per heavy atom. The third-order valence-corrected chi connectivity index (χ3v) is 5.21. The predicted molar refractivity (Wildman–Crippen MR) is 104 cm³/mol. The lowest BCUT2D eigenvalue weighted by Gasteiger charge is -2.13. The fraction of sp³-hybridized carbons (Fsp3) is 0.167. The van der Waals surface area contributed by atoms with Crippen molar-refractivity contribution in [2.45, 2.75) is 17.4 Å². The topological polar surface area (TPSA) is 92.9 Å². The maximum Gasteiger partial charge on any atom is 0.269 e. The van der Waals surface area contributed by atoms with Crippen LogP contribution in [0.25, 0.3) is 0 Å². The van der Waals surface area contributed by atoms with Crippen molar-refractivity contribution in [2.24, 2.45) is 5.73 Å². The number of nitrogens with two attached hydrogens (primary N) is 1. The van der Waals surface area contributed by atoms with Crippen LogP contribution in [-0.4, -0.2) is 10.2 Å². The van der Waals surface area contributed by atoms with E-state index in [-0.39, 0.29) is 10.9 Å². The highest BCUT2D eigenvalue weighted by atomic mass is 32.2. The summed E-state index contributed by atoms with van der Waals surface area (Å²) >= 11 is 2.69. The summed E-state index contributed by atoms with van der Waals surface area (Å²) in [6, 6.07) is 16.4. The van der Waals surface area contributed by atoms with Gasteiger partial charge in [0, 0.05) is 23.6 Å². The normalized spacial score (nSPS) is 12.4. The maximum atomic E-state index is 10.7. The average Bonchev–Trinajstić information content (AvgIpc) is 2.62. The summed E-state index contributed by atoms with van der Waals surface area (Å²) in [5.41, 5.74) is 8.95. The third-order valence-electron chi connectivity index (χ3n) is 3.45. The van der Waals surface area contributed by atoms with Gasteiger partial charge in [-0.3, -0.25) is 10.1 Å². The van der Waals surface area contributed by atoms with Crippen LogP contribution in [0.15, 0.2) is 65.7 Å². The smallest absolute Gasteiger partial charge is 0.269 e. The van der Waals surface area contributed by atoms with Crippen LogP contribution in [0.5, 0.6) is 0 Å². The molecule has 2 N–H and O–H groups in total. The van der Waals surface area contributed by atoms with E-state index < -0.39 is 4.92 Å². The summed E-state index contributed by atoms with van der Waals surface area (Å²) in [4.78, 5) is 10.3. The van der Waals surface area contributed by atoms with E-state index in [1.807, 2.05) is 23.6 Å². The van der Waals surface area contributed by atoms with Crippen LogP contribution in [0, 0.1) is 20.8 Å². The predicted octanol–water partition coefficient (Wildman–Crippen LogP) is 4.45. The Morgan fingerprint density at radius 3 is 2.48 bits per heavy atom. The van der Waals surface area contributed by atoms with Gasteiger partial charge in [0.1, 0.15) is 5.40 Å². The Morgan fingerprint density at radius 2 is 1.88 bits per heavy atom. The van der Waals surface area contributed by atoms with Crippen LogP contribution >= 0.6 is 23.5 Å². The Balaban J connectivity index is 1.99. The summed E-state index contributed by atoms with van der Waals surface area (Å²) in [5.74, 6) is 0.809. The third kappa shape index (κ3) is 6.18. The molecule has 0 amide bonds. The number of nitrogens with zero attached hydrogens (tertiary/aromatic N) is 2. The molecule has 0 bridgehead atoms. The molecular weight excluding hydrogens is 354 g/mol. The number of hydrogen-bond acceptors (Lipinski definition) is 6. The van der Waals surface area contributed by atoms with Gasteiger partial charge in [-0.15, -0.1) is 11.8 Å². The Bertz CT molecular complexity index is 771. The number of nitriles is 1. The minimum absolute atomic E-state index is 0.0511. The summed E-state index contributed by atoms with van der Waals surface area (Å²) < 4.78 is 0. The second-order valence-electron chi connectivity index (χ2n) is 5.24. The van der Waals surface area contributed by atoms with E-state index in [2.05, 4.69) is 17.5 Å². The molecule has 128 valence electrons. The zero-order chi connectivity index (χ0) is 18.1. The van der Waals surface area contributed by atoms with Crippen LogP contribution in [0.3, 0.4) is 0 Å². The number of nitro benzene ring substituents is 1. The molecule has 0 aromatic heterocycles. The summed E-state index contributed by atoms with van der Waals surface area (Å²) in [7, 11) is 0. The first-order valence-electron chi connectivity index (χ1n) is 7.49. The van der Waals surface area contributed by atoms with Gasteiger partial charge in [-0.25, -0.2) is 0 Å². The second-order valence-corrected chi connectivity index (χ2v) is 7.08. The van der Waals surface area contributed by atoms with Crippen molar-refractivity contribution < 1.29 is 4.92 Å². The lowest BCUT2D eigenvalue weighted by molar-refractivity contribution is -0.384. The number of non-ortho nitro benzene ring substituents is 1. The zero-order valence-electron chi connectivity index (χ0n) is 13.4. The monoisotopic (exact) mass is 371 g/mol. The minimum Gasteiger partial charge on any atom is -0.401 e. The van der Waals surface area contributed by atoms with Crippen molar-refractivity contribution >= 4 is 29.2 Å². The Hall–Kier alpha value is -2.43. The van der Waals surface area contributed by atoms with Crippen LogP contribution < -0.4 is 5.73 Å². The molecule has 0 aliphatic rings. The van der Waals surface area contributed by atoms with Gasteiger partial charge in [0.2, 0.25) is 0 Å². The number of nitro groups is 1. The summed E-state index contributed by atoms with van der Waals surface area (Å²) in [5, 5.41) is 23.5. The first-order chi connectivity index (χ1) is 12.1. The maximum absolute atomic E-state index is 10.7. The lowest BCUT2D eigenvalue weighted by Crippen LogP contribution is -2.16. The van der Waals surface area contributed by atoms with Crippen LogP contribution in [0.1, 0.15) is 11.1 Å². The number of rotatable bonds is 8. The molecule has 25 heavy (non-hydrogen) atoms. The molecule has 0 unspecified atom stereocenters. The van der Waals surface area contributed by atoms with E-state index in [9.17, 15) is 10.1 Å². The molecule has 1 atom stereocenters. The van der Waals surface area contributed by atoms with E-state index in [1.165, 1.54) is 17.7 Å². The molecule has 2 aromatic rings. The van der Waals surface area contributed by atoms with Crippen molar-refractivity contribution in [3.63, 3.8) is 0 Å². The van der Waals surface area contributed by atoms with Crippen molar-refractivity contribution in [1.82, 2.24) is 0 Å². The van der Waals surface area contributed by atoms with Gasteiger partial charge in [-0.2, -0.15) is 5.26 Å². The molecule has 0 heterocycles. The molecular formula is C18H17N3O2S2. The van der Waals surface area contributed by atoms with E-state index in [0.29, 0.717) is 12.1 Å². The standard InChI is InChI=1S/C18H17N3O2S2/c19-13-25-18(10-14-6-8-16(9-7-14)21(22)23)17(20)12-24-11-15-4-2-1-3-5-15/h1-9,12,18H,10-11,20H2/b17-12-/t18-/m0/s1. The molecule has 0 fully saturated rings. The van der Waals surface area contributed by atoms with Gasteiger partial charge in [-0.1, -0.05) is 42.5 Å². The van der Waals surface area contributed by atoms with E-state index in [4.69, 9.17) is 11.0 Å². The fourth-order valence-electron chi connectivity index (χ4n) is 2.14. The highest BCUT2D eigenvalue weighted by Crippen LogP contribution is 2.24. The largest absolute Gasteiger partial charge is 0.401 e. The Kier molecular flexibility index (Phi) is 7.38. The molecule has 0 saturated carbocycles. The quantitative estimate of drug-likeness (QED) is 0.418. The highest BCUT2D eigenvalue weighted by Gasteiger charge is 2.14. The summed E-state index contributed by atoms with van der Waals surface area (Å²) in [6.07, 6.45) is 0.546. The fourth-order valence-corrected chi connectivity index (χ4v) is 3.66. The lowest BCUT2D eigenvalue weighted by atomic mass is 10.1. The number of thioether (sulfide) groups is 2. The van der Waals surface area contributed by atoms with Gasteiger partial charge in [-0.05, 0) is 34.7 Å². The zero-order valence-corrected chi connectivity index (χ0v) is 15.0. The van der Waals surface area contributed by atoms with Gasteiger partial charge in [0.05, 0.1) is 10.2 Å². The first kappa shape index (κ1) is 18.9. The van der Waals surface area contributed by atoms with Crippen LogP contribution in [-0.2, 0) is 12.2 Å². The second kappa shape index (κ2) is 9.77. The van der Waals surface area contributed by atoms with Gasteiger partial charge in [0.15, 0.2) is 0 Å². The van der Waals surface area contributed by atoms with Crippen molar-refractivity contribution in [3.8, 4) is 5.40 Å². The minimum atomic E-state index is -0.431.